The number of carbonyl (C=O) groups excluding carboxylic acids is 1. The monoisotopic (exact) mass is 473 g/mol. The van der Waals surface area contributed by atoms with E-state index in [0.29, 0.717) is 27.9 Å². The number of anilines is 1. The van der Waals surface area contributed by atoms with E-state index in [1.807, 2.05) is 42.5 Å². The average molecular weight is 474 g/mol. The van der Waals surface area contributed by atoms with E-state index in [9.17, 15) is 9.59 Å². The maximum Gasteiger partial charge on any atom is 0.298 e. The van der Waals surface area contributed by atoms with Gasteiger partial charge in [0.25, 0.3) is 5.56 Å². The Morgan fingerprint density at radius 1 is 1.09 bits per heavy atom. The highest BCUT2D eigenvalue weighted by Crippen LogP contribution is 2.28. The molecule has 0 aliphatic carbocycles. The van der Waals surface area contributed by atoms with Crippen molar-refractivity contribution in [1.82, 2.24) is 9.55 Å². The van der Waals surface area contributed by atoms with E-state index < -0.39 is 0 Å². The van der Waals surface area contributed by atoms with E-state index in [1.54, 1.807) is 24.5 Å². The molecule has 3 heterocycles. The summed E-state index contributed by atoms with van der Waals surface area (Å²) in [7, 11) is 0. The van der Waals surface area contributed by atoms with Gasteiger partial charge in [0.05, 0.1) is 18.6 Å². The molecular formula is C26H23N3O4S. The molecule has 0 saturated carbocycles. The summed E-state index contributed by atoms with van der Waals surface area (Å²) in [4.78, 5) is 30.7. The predicted octanol–water partition coefficient (Wildman–Crippen LogP) is 5.64. The van der Waals surface area contributed by atoms with Gasteiger partial charge in [0, 0.05) is 11.1 Å². The van der Waals surface area contributed by atoms with Crippen LogP contribution in [0, 0.1) is 0 Å². The Bertz CT molecular complexity index is 1520. The number of fused-ring (bicyclic) bond motifs is 3. The third-order valence-corrected chi connectivity index (χ3v) is 6.51. The van der Waals surface area contributed by atoms with Crippen LogP contribution in [-0.4, -0.2) is 21.2 Å². The van der Waals surface area contributed by atoms with Gasteiger partial charge in [-0.3, -0.25) is 14.2 Å². The summed E-state index contributed by atoms with van der Waals surface area (Å²) in [5, 5.41) is 4.09. The second-order valence-electron chi connectivity index (χ2n) is 8.25. The lowest BCUT2D eigenvalue weighted by atomic mass is 10.0. The minimum absolute atomic E-state index is 0.0951. The molecule has 1 N–H and O–H groups in total. The van der Waals surface area contributed by atoms with Crippen LogP contribution in [-0.2, 0) is 11.3 Å². The van der Waals surface area contributed by atoms with Gasteiger partial charge in [-0.15, -0.1) is 0 Å². The summed E-state index contributed by atoms with van der Waals surface area (Å²) >= 11 is 1.20. The Morgan fingerprint density at radius 2 is 1.88 bits per heavy atom. The smallest absolute Gasteiger partial charge is 0.298 e. The van der Waals surface area contributed by atoms with E-state index in [1.165, 1.54) is 21.9 Å². The molecule has 0 radical (unpaired) electrons. The number of carbonyl (C=O) groups is 1. The Kier molecular flexibility index (Phi) is 5.98. The molecule has 5 aromatic rings. The predicted molar refractivity (Wildman–Crippen MR) is 133 cm³/mol. The average Bonchev–Trinajstić information content (AvgIpc) is 3.48. The van der Waals surface area contributed by atoms with Gasteiger partial charge in [0.1, 0.15) is 16.9 Å². The quantitative estimate of drug-likeness (QED) is 0.243. The van der Waals surface area contributed by atoms with Crippen molar-refractivity contribution in [3.05, 3.63) is 88.6 Å². The first-order valence-electron chi connectivity index (χ1n) is 11.0. The van der Waals surface area contributed by atoms with Gasteiger partial charge in [-0.25, -0.2) is 4.98 Å². The lowest BCUT2D eigenvalue weighted by Crippen LogP contribution is -2.24. The normalized spacial score (nSPS) is 11.5. The van der Waals surface area contributed by atoms with Gasteiger partial charge in [-0.05, 0) is 47.9 Å². The van der Waals surface area contributed by atoms with Crippen molar-refractivity contribution in [1.29, 1.82) is 0 Å². The molecule has 34 heavy (non-hydrogen) atoms. The highest BCUT2D eigenvalue weighted by Gasteiger charge is 2.19. The van der Waals surface area contributed by atoms with E-state index in [4.69, 9.17) is 13.8 Å². The molecular weight excluding hydrogens is 450 g/mol. The molecule has 1 amide bonds. The van der Waals surface area contributed by atoms with Gasteiger partial charge in [-0.2, -0.15) is 0 Å². The summed E-state index contributed by atoms with van der Waals surface area (Å²) in [6.07, 6.45) is 1.55. The Hall–Kier alpha value is -3.78. The van der Waals surface area contributed by atoms with Crippen molar-refractivity contribution >= 4 is 45.4 Å². The second-order valence-corrected chi connectivity index (χ2v) is 9.20. The zero-order chi connectivity index (χ0) is 23.7. The molecule has 5 rings (SSSR count). The molecule has 172 valence electrons. The third-order valence-electron chi connectivity index (χ3n) is 5.53. The first kappa shape index (κ1) is 22.0. The number of nitrogens with zero attached hydrogens (tertiary/aromatic N) is 2. The first-order valence-corrected chi connectivity index (χ1v) is 11.9. The molecule has 0 saturated heterocycles. The number of hydrogen-bond donors (Lipinski definition) is 1. The van der Waals surface area contributed by atoms with Crippen LogP contribution in [0.4, 0.5) is 5.69 Å². The molecule has 3 aromatic heterocycles. The maximum absolute atomic E-state index is 13.3. The Morgan fingerprint density at radius 3 is 2.62 bits per heavy atom. The number of rotatable bonds is 7. The van der Waals surface area contributed by atoms with Crippen molar-refractivity contribution in [2.24, 2.45) is 0 Å². The largest absolute Gasteiger partial charge is 0.467 e. The summed E-state index contributed by atoms with van der Waals surface area (Å²) < 4.78 is 12.7. The number of aromatic nitrogens is 2. The van der Waals surface area contributed by atoms with E-state index in [0.717, 1.165) is 11.1 Å². The lowest BCUT2D eigenvalue weighted by Gasteiger charge is -2.11. The summed E-state index contributed by atoms with van der Waals surface area (Å²) in [5.74, 6) is 0.943. The highest BCUT2D eigenvalue weighted by atomic mass is 32.2. The van der Waals surface area contributed by atoms with E-state index >= 15 is 0 Å². The van der Waals surface area contributed by atoms with Crippen LogP contribution in [0.25, 0.3) is 22.1 Å². The number of thioether (sulfide) groups is 1. The zero-order valence-corrected chi connectivity index (χ0v) is 19.6. The van der Waals surface area contributed by atoms with Crippen molar-refractivity contribution < 1.29 is 13.6 Å². The lowest BCUT2D eigenvalue weighted by molar-refractivity contribution is -0.113. The first-order chi connectivity index (χ1) is 16.5. The van der Waals surface area contributed by atoms with Crippen LogP contribution >= 0.6 is 11.8 Å². The number of benzene rings is 2. The number of nitrogens with one attached hydrogen (secondary N) is 1. The third kappa shape index (κ3) is 4.36. The minimum Gasteiger partial charge on any atom is -0.467 e. The van der Waals surface area contributed by atoms with Crippen LogP contribution in [0.1, 0.15) is 31.1 Å². The van der Waals surface area contributed by atoms with Crippen molar-refractivity contribution in [2.75, 3.05) is 11.1 Å². The van der Waals surface area contributed by atoms with Crippen molar-refractivity contribution in [3.63, 3.8) is 0 Å². The van der Waals surface area contributed by atoms with Crippen LogP contribution in [0.5, 0.6) is 0 Å². The van der Waals surface area contributed by atoms with Gasteiger partial charge in [-0.1, -0.05) is 49.9 Å². The van der Waals surface area contributed by atoms with Crippen molar-refractivity contribution in [2.45, 2.75) is 31.5 Å². The molecule has 0 fully saturated rings. The van der Waals surface area contributed by atoms with Crippen molar-refractivity contribution in [3.8, 4) is 0 Å². The molecule has 0 atom stereocenters. The van der Waals surface area contributed by atoms with Gasteiger partial charge < -0.3 is 14.2 Å². The molecule has 0 spiro atoms. The number of hydrogen-bond acceptors (Lipinski definition) is 6. The maximum atomic E-state index is 13.3. The number of amides is 1. The molecule has 8 heteroatoms. The topological polar surface area (TPSA) is 90.3 Å². The Labute approximate surface area is 199 Å². The highest BCUT2D eigenvalue weighted by molar-refractivity contribution is 7.99. The fourth-order valence-corrected chi connectivity index (χ4v) is 4.53. The van der Waals surface area contributed by atoms with Gasteiger partial charge in [0.2, 0.25) is 11.5 Å². The standard InChI is InChI=1S/C26H23N3O4S/c1-16(2)17-9-11-18(12-10-17)27-22(30)15-34-26-28-23-20-7-3-4-8-21(20)33-24(23)25(31)29(26)14-19-6-5-13-32-19/h3-13,16H,14-15H2,1-2H3,(H,27,30). The Balaban J connectivity index is 1.44. The molecule has 7 nitrogen and oxygen atoms in total. The summed E-state index contributed by atoms with van der Waals surface area (Å²) in [6, 6.07) is 18.7. The van der Waals surface area contributed by atoms with Crippen LogP contribution in [0.2, 0.25) is 0 Å². The summed E-state index contributed by atoms with van der Waals surface area (Å²) in [6.45, 7) is 4.44. The molecule has 2 aromatic carbocycles. The van der Waals surface area contributed by atoms with Gasteiger partial charge >= 0.3 is 0 Å². The molecule has 0 aliphatic rings. The molecule has 0 bridgehead atoms. The van der Waals surface area contributed by atoms with Crippen LogP contribution in [0.3, 0.4) is 0 Å². The van der Waals surface area contributed by atoms with E-state index in [2.05, 4.69) is 19.2 Å². The fourth-order valence-electron chi connectivity index (χ4n) is 3.74. The second kappa shape index (κ2) is 9.23. The fraction of sp³-hybridized carbons (Fsp3) is 0.192. The van der Waals surface area contributed by atoms with Crippen LogP contribution in [0.15, 0.2) is 85.7 Å². The number of para-hydroxylation sites is 1. The van der Waals surface area contributed by atoms with E-state index in [-0.39, 0.29) is 29.3 Å². The van der Waals surface area contributed by atoms with Gasteiger partial charge in [0.15, 0.2) is 5.16 Å². The number of furan rings is 2. The SMILES string of the molecule is CC(C)c1ccc(NC(=O)CSc2nc3c(oc4ccccc43)c(=O)n2Cc2ccco2)cc1. The molecule has 0 aliphatic heterocycles. The zero-order valence-electron chi connectivity index (χ0n) is 18.8. The molecule has 0 unspecified atom stereocenters. The summed E-state index contributed by atoms with van der Waals surface area (Å²) in [5.41, 5.74) is 2.89. The van der Waals surface area contributed by atoms with Crippen LogP contribution < -0.4 is 10.9 Å². The minimum atomic E-state index is -0.315.